The molecular weight excluding hydrogens is 339 g/mol. The van der Waals surface area contributed by atoms with Crippen molar-refractivity contribution >= 4 is 30.1 Å². The van der Waals surface area contributed by atoms with Gasteiger partial charge in [0.2, 0.25) is 0 Å². The van der Waals surface area contributed by atoms with Crippen molar-refractivity contribution in [2.75, 3.05) is 32.5 Å². The van der Waals surface area contributed by atoms with E-state index >= 15 is 0 Å². The lowest BCUT2D eigenvalue weighted by Gasteiger charge is -2.34. The first-order valence-electron chi connectivity index (χ1n) is 7.53. The summed E-state index contributed by atoms with van der Waals surface area (Å²) >= 11 is 1.61. The first kappa shape index (κ1) is 20.2. The molecule has 4 nitrogen and oxygen atoms in total. The zero-order chi connectivity index (χ0) is 15.8. The molecule has 1 saturated heterocycles. The molecule has 0 radical (unpaired) electrons. The standard InChI is InChI=1S/C16H23FN2O2S.ClH/c1-21-16(6-8-18-9-7-16)15(20)19-10-11-22-12-13-4-2-3-5-14(13)17;/h2-5,18H,6-12H2,1H3,(H,19,20);1H. The number of methoxy groups -OCH3 is 1. The number of nitrogens with one attached hydrogen (secondary N) is 2. The van der Waals surface area contributed by atoms with E-state index in [1.54, 1.807) is 31.0 Å². The van der Waals surface area contributed by atoms with Crippen molar-refractivity contribution in [3.8, 4) is 0 Å². The Labute approximate surface area is 147 Å². The summed E-state index contributed by atoms with van der Waals surface area (Å²) in [5.74, 6) is 1.15. The number of piperidine rings is 1. The first-order valence-corrected chi connectivity index (χ1v) is 8.69. The Balaban J connectivity index is 0.00000264. The van der Waals surface area contributed by atoms with Crippen LogP contribution in [0.3, 0.4) is 0 Å². The van der Waals surface area contributed by atoms with Gasteiger partial charge in [-0.05, 0) is 37.6 Å². The minimum atomic E-state index is -0.693. The molecule has 1 aromatic rings. The number of ether oxygens (including phenoxy) is 1. The lowest BCUT2D eigenvalue weighted by Crippen LogP contribution is -2.54. The maximum atomic E-state index is 13.5. The maximum absolute atomic E-state index is 13.5. The van der Waals surface area contributed by atoms with E-state index in [-0.39, 0.29) is 24.1 Å². The molecule has 1 amide bonds. The smallest absolute Gasteiger partial charge is 0.252 e. The van der Waals surface area contributed by atoms with Crippen LogP contribution >= 0.6 is 24.2 Å². The lowest BCUT2D eigenvalue weighted by molar-refractivity contribution is -0.146. The van der Waals surface area contributed by atoms with Gasteiger partial charge in [0.05, 0.1) is 0 Å². The molecule has 0 spiro atoms. The van der Waals surface area contributed by atoms with E-state index in [2.05, 4.69) is 10.6 Å². The summed E-state index contributed by atoms with van der Waals surface area (Å²) in [5, 5.41) is 6.17. The van der Waals surface area contributed by atoms with Gasteiger partial charge in [-0.25, -0.2) is 4.39 Å². The normalized spacial score (nSPS) is 16.4. The van der Waals surface area contributed by atoms with Gasteiger partial charge in [0, 0.05) is 25.2 Å². The zero-order valence-corrected chi connectivity index (χ0v) is 14.9. The highest BCUT2D eigenvalue weighted by atomic mass is 35.5. The molecule has 0 aliphatic carbocycles. The van der Waals surface area contributed by atoms with Gasteiger partial charge in [-0.2, -0.15) is 11.8 Å². The van der Waals surface area contributed by atoms with Crippen LogP contribution in [0.4, 0.5) is 4.39 Å². The monoisotopic (exact) mass is 362 g/mol. The van der Waals surface area contributed by atoms with Crippen LogP contribution in [0.1, 0.15) is 18.4 Å². The van der Waals surface area contributed by atoms with E-state index < -0.39 is 5.60 Å². The average Bonchev–Trinajstić information content (AvgIpc) is 2.56. The summed E-state index contributed by atoms with van der Waals surface area (Å²) in [5.41, 5.74) is 0.00658. The Morgan fingerprint density at radius 1 is 1.39 bits per heavy atom. The molecule has 2 rings (SSSR count). The third-order valence-corrected chi connectivity index (χ3v) is 4.97. The minimum absolute atomic E-state index is 0. The van der Waals surface area contributed by atoms with E-state index in [1.807, 2.05) is 6.07 Å². The van der Waals surface area contributed by atoms with Gasteiger partial charge >= 0.3 is 0 Å². The summed E-state index contributed by atoms with van der Waals surface area (Å²) in [6, 6.07) is 6.78. The highest BCUT2D eigenvalue weighted by Gasteiger charge is 2.39. The number of benzene rings is 1. The molecule has 7 heteroatoms. The second kappa shape index (κ2) is 10.1. The van der Waals surface area contributed by atoms with Gasteiger partial charge < -0.3 is 15.4 Å². The average molecular weight is 363 g/mol. The van der Waals surface area contributed by atoms with E-state index in [1.165, 1.54) is 6.07 Å². The summed E-state index contributed by atoms with van der Waals surface area (Å²) in [6.45, 7) is 2.16. The second-order valence-corrected chi connectivity index (χ2v) is 6.45. The fraction of sp³-hybridized carbons (Fsp3) is 0.562. The van der Waals surface area contributed by atoms with Crippen molar-refractivity contribution in [2.24, 2.45) is 0 Å². The molecule has 2 N–H and O–H groups in total. The van der Waals surface area contributed by atoms with Crippen LogP contribution in [-0.4, -0.2) is 44.0 Å². The van der Waals surface area contributed by atoms with E-state index in [9.17, 15) is 9.18 Å². The van der Waals surface area contributed by atoms with Crippen molar-refractivity contribution in [3.63, 3.8) is 0 Å². The maximum Gasteiger partial charge on any atom is 0.252 e. The number of rotatable bonds is 7. The number of hydrogen-bond donors (Lipinski definition) is 2. The van der Waals surface area contributed by atoms with Gasteiger partial charge in [-0.1, -0.05) is 18.2 Å². The topological polar surface area (TPSA) is 50.4 Å². The Hall–Kier alpha value is -0.820. The van der Waals surface area contributed by atoms with Crippen molar-refractivity contribution in [3.05, 3.63) is 35.6 Å². The van der Waals surface area contributed by atoms with Crippen LogP contribution in [0.2, 0.25) is 0 Å². The summed E-state index contributed by atoms with van der Waals surface area (Å²) < 4.78 is 18.9. The largest absolute Gasteiger partial charge is 0.368 e. The molecule has 130 valence electrons. The number of carbonyl (C=O) groups excluding carboxylic acids is 1. The first-order chi connectivity index (χ1) is 10.7. The molecule has 23 heavy (non-hydrogen) atoms. The third-order valence-electron chi connectivity index (χ3n) is 3.96. The van der Waals surface area contributed by atoms with Crippen LogP contribution in [0.15, 0.2) is 24.3 Å². The van der Waals surface area contributed by atoms with E-state index in [0.29, 0.717) is 30.7 Å². The van der Waals surface area contributed by atoms with Crippen LogP contribution < -0.4 is 10.6 Å². The minimum Gasteiger partial charge on any atom is -0.368 e. The highest BCUT2D eigenvalue weighted by Crippen LogP contribution is 2.22. The Bertz CT molecular complexity index is 499. The van der Waals surface area contributed by atoms with Gasteiger partial charge in [0.25, 0.3) is 5.91 Å². The summed E-state index contributed by atoms with van der Waals surface area (Å²) in [7, 11) is 1.60. The molecule has 0 saturated carbocycles. The quantitative estimate of drug-likeness (QED) is 0.731. The molecule has 1 fully saturated rings. The van der Waals surface area contributed by atoms with Crippen molar-refractivity contribution < 1.29 is 13.9 Å². The summed E-state index contributed by atoms with van der Waals surface area (Å²) in [4.78, 5) is 12.3. The van der Waals surface area contributed by atoms with Crippen LogP contribution in [0.5, 0.6) is 0 Å². The Morgan fingerprint density at radius 2 is 2.09 bits per heavy atom. The van der Waals surface area contributed by atoms with Gasteiger partial charge in [-0.3, -0.25) is 4.79 Å². The molecule has 1 aliphatic heterocycles. The van der Waals surface area contributed by atoms with Crippen LogP contribution in [0.25, 0.3) is 0 Å². The number of thioether (sulfide) groups is 1. The lowest BCUT2D eigenvalue weighted by atomic mass is 9.91. The van der Waals surface area contributed by atoms with Crippen molar-refractivity contribution in [1.82, 2.24) is 10.6 Å². The van der Waals surface area contributed by atoms with Crippen molar-refractivity contribution in [1.29, 1.82) is 0 Å². The van der Waals surface area contributed by atoms with Gasteiger partial charge in [0.1, 0.15) is 11.4 Å². The van der Waals surface area contributed by atoms with E-state index in [4.69, 9.17) is 4.74 Å². The number of amides is 1. The Kier molecular flexibility index (Phi) is 8.91. The fourth-order valence-corrected chi connectivity index (χ4v) is 3.39. The predicted octanol–water partition coefficient (Wildman–Crippen LogP) is 2.37. The highest BCUT2D eigenvalue weighted by molar-refractivity contribution is 7.98. The molecule has 1 aromatic carbocycles. The number of carbonyl (C=O) groups is 1. The number of hydrogen-bond acceptors (Lipinski definition) is 4. The molecule has 0 atom stereocenters. The van der Waals surface area contributed by atoms with Crippen LogP contribution in [-0.2, 0) is 15.3 Å². The zero-order valence-electron chi connectivity index (χ0n) is 13.3. The molecule has 1 aliphatic rings. The fourth-order valence-electron chi connectivity index (χ4n) is 2.55. The van der Waals surface area contributed by atoms with Crippen LogP contribution in [0, 0.1) is 5.82 Å². The molecule has 0 bridgehead atoms. The molecule has 0 unspecified atom stereocenters. The van der Waals surface area contributed by atoms with Crippen molar-refractivity contribution in [2.45, 2.75) is 24.2 Å². The molecular formula is C16H24ClFN2O2S. The second-order valence-electron chi connectivity index (χ2n) is 5.35. The summed E-state index contributed by atoms with van der Waals surface area (Å²) in [6.07, 6.45) is 1.38. The van der Waals surface area contributed by atoms with E-state index in [0.717, 1.165) is 18.8 Å². The number of halogens is 2. The molecule has 0 aromatic heterocycles. The third kappa shape index (κ3) is 5.64. The molecule has 1 heterocycles. The Morgan fingerprint density at radius 3 is 2.74 bits per heavy atom. The predicted molar refractivity (Wildman–Crippen MR) is 94.7 cm³/mol. The SMILES string of the molecule is COC1(C(=O)NCCSCc2ccccc2F)CCNCC1.Cl. The van der Waals surface area contributed by atoms with Gasteiger partial charge in [0.15, 0.2) is 0 Å². The van der Waals surface area contributed by atoms with Gasteiger partial charge in [-0.15, -0.1) is 12.4 Å².